The standard InChI is InChI=1S/C14H28N2O2S/c1-5-13-12-9-15-8-11(12)10-16(13)19(17,18)7-6-14(2,3)4/h11-13,15H,5-10H2,1-4H3. The summed E-state index contributed by atoms with van der Waals surface area (Å²) in [6, 6.07) is 0.213. The first kappa shape index (κ1) is 15.3. The molecule has 3 atom stereocenters. The molecule has 112 valence electrons. The predicted octanol–water partition coefficient (Wildman–Crippen LogP) is 1.68. The van der Waals surface area contributed by atoms with Gasteiger partial charge in [-0.3, -0.25) is 0 Å². The highest BCUT2D eigenvalue weighted by atomic mass is 32.2. The summed E-state index contributed by atoms with van der Waals surface area (Å²) in [6.45, 7) is 11.1. The first-order valence-corrected chi connectivity index (χ1v) is 9.06. The number of nitrogens with zero attached hydrogens (tertiary/aromatic N) is 1. The van der Waals surface area contributed by atoms with Gasteiger partial charge in [0.1, 0.15) is 0 Å². The van der Waals surface area contributed by atoms with Crippen molar-refractivity contribution in [3.05, 3.63) is 0 Å². The van der Waals surface area contributed by atoms with Crippen LogP contribution in [-0.2, 0) is 10.0 Å². The number of nitrogens with one attached hydrogen (secondary N) is 1. The number of rotatable bonds is 4. The monoisotopic (exact) mass is 288 g/mol. The number of hydrogen-bond acceptors (Lipinski definition) is 3. The van der Waals surface area contributed by atoms with Gasteiger partial charge in [0.25, 0.3) is 0 Å². The minimum Gasteiger partial charge on any atom is -0.316 e. The van der Waals surface area contributed by atoms with Crippen LogP contribution in [0, 0.1) is 17.3 Å². The molecule has 2 heterocycles. The van der Waals surface area contributed by atoms with Crippen LogP contribution in [0.1, 0.15) is 40.5 Å². The lowest BCUT2D eigenvalue weighted by atomic mass is 9.93. The van der Waals surface area contributed by atoms with Crippen LogP contribution in [0.2, 0.25) is 0 Å². The lowest BCUT2D eigenvalue weighted by molar-refractivity contribution is 0.324. The summed E-state index contributed by atoms with van der Waals surface area (Å²) in [4.78, 5) is 0. The van der Waals surface area contributed by atoms with Crippen LogP contribution in [0.5, 0.6) is 0 Å². The molecule has 0 aromatic rings. The van der Waals surface area contributed by atoms with E-state index in [0.29, 0.717) is 17.6 Å². The van der Waals surface area contributed by atoms with E-state index >= 15 is 0 Å². The number of sulfonamides is 1. The maximum Gasteiger partial charge on any atom is 0.214 e. The van der Waals surface area contributed by atoms with Gasteiger partial charge in [-0.15, -0.1) is 0 Å². The second kappa shape index (κ2) is 5.34. The zero-order chi connectivity index (χ0) is 14.3. The van der Waals surface area contributed by atoms with Crippen LogP contribution >= 0.6 is 0 Å². The molecular formula is C14H28N2O2S. The Labute approximate surface area is 118 Å². The van der Waals surface area contributed by atoms with E-state index in [-0.39, 0.29) is 11.5 Å². The third-order valence-corrected chi connectivity index (χ3v) is 6.41. The van der Waals surface area contributed by atoms with Crippen LogP contribution in [0.15, 0.2) is 0 Å². The minimum absolute atomic E-state index is 0.0753. The van der Waals surface area contributed by atoms with E-state index in [1.807, 2.05) is 4.31 Å². The van der Waals surface area contributed by atoms with Gasteiger partial charge in [0.2, 0.25) is 10.0 Å². The summed E-state index contributed by atoms with van der Waals surface area (Å²) in [6.07, 6.45) is 1.66. The van der Waals surface area contributed by atoms with Crippen molar-refractivity contribution in [2.75, 3.05) is 25.4 Å². The van der Waals surface area contributed by atoms with Crippen LogP contribution < -0.4 is 5.32 Å². The highest BCUT2D eigenvalue weighted by molar-refractivity contribution is 7.89. The van der Waals surface area contributed by atoms with Gasteiger partial charge in [-0.1, -0.05) is 27.7 Å². The fraction of sp³-hybridized carbons (Fsp3) is 1.00. The quantitative estimate of drug-likeness (QED) is 0.856. The second-order valence-corrected chi connectivity index (χ2v) is 9.30. The molecule has 2 saturated heterocycles. The maximum atomic E-state index is 12.6. The van der Waals surface area contributed by atoms with Gasteiger partial charge in [-0.25, -0.2) is 8.42 Å². The second-order valence-electron chi connectivity index (χ2n) is 7.25. The Kier molecular flexibility index (Phi) is 4.29. The van der Waals surface area contributed by atoms with Crippen LogP contribution in [0.4, 0.5) is 0 Å². The minimum atomic E-state index is -3.09. The fourth-order valence-corrected chi connectivity index (χ4v) is 5.60. The highest BCUT2D eigenvalue weighted by Crippen LogP contribution is 2.36. The van der Waals surface area contributed by atoms with Crippen molar-refractivity contribution in [1.82, 2.24) is 9.62 Å². The Hall–Kier alpha value is -0.130. The smallest absolute Gasteiger partial charge is 0.214 e. The molecule has 5 heteroatoms. The summed E-state index contributed by atoms with van der Waals surface area (Å²) in [5, 5.41) is 3.40. The Morgan fingerprint density at radius 1 is 1.26 bits per heavy atom. The Morgan fingerprint density at radius 2 is 1.95 bits per heavy atom. The summed E-state index contributed by atoms with van der Waals surface area (Å²) in [5.41, 5.74) is 0.0753. The van der Waals surface area contributed by atoms with Gasteiger partial charge in [0, 0.05) is 12.6 Å². The van der Waals surface area contributed by atoms with E-state index in [1.165, 1.54) is 0 Å². The third-order valence-electron chi connectivity index (χ3n) is 4.56. The van der Waals surface area contributed by atoms with E-state index in [2.05, 4.69) is 33.0 Å². The molecule has 2 aliphatic heterocycles. The van der Waals surface area contributed by atoms with E-state index in [0.717, 1.165) is 32.5 Å². The molecular weight excluding hydrogens is 260 g/mol. The summed E-state index contributed by atoms with van der Waals surface area (Å²) >= 11 is 0. The van der Waals surface area contributed by atoms with Crippen LogP contribution in [0.3, 0.4) is 0 Å². The Morgan fingerprint density at radius 3 is 2.53 bits per heavy atom. The van der Waals surface area contributed by atoms with E-state index in [9.17, 15) is 8.42 Å². The van der Waals surface area contributed by atoms with Crippen molar-refractivity contribution in [2.45, 2.75) is 46.6 Å². The first-order chi connectivity index (χ1) is 8.74. The van der Waals surface area contributed by atoms with Gasteiger partial charge in [-0.2, -0.15) is 4.31 Å². The molecule has 19 heavy (non-hydrogen) atoms. The Bertz CT molecular complexity index is 414. The molecule has 3 unspecified atom stereocenters. The summed E-state index contributed by atoms with van der Waals surface area (Å²) in [7, 11) is -3.09. The molecule has 0 aromatic heterocycles. The summed E-state index contributed by atoms with van der Waals surface area (Å²) < 4.78 is 27.0. The molecule has 0 bridgehead atoms. The molecule has 2 fully saturated rings. The molecule has 0 aliphatic carbocycles. The van der Waals surface area contributed by atoms with Gasteiger partial charge >= 0.3 is 0 Å². The lowest BCUT2D eigenvalue weighted by Gasteiger charge is -2.27. The van der Waals surface area contributed by atoms with Crippen LogP contribution in [0.25, 0.3) is 0 Å². The van der Waals surface area contributed by atoms with E-state index < -0.39 is 10.0 Å². The molecule has 0 radical (unpaired) electrons. The lowest BCUT2D eigenvalue weighted by Crippen LogP contribution is -2.41. The maximum absolute atomic E-state index is 12.6. The van der Waals surface area contributed by atoms with Crippen molar-refractivity contribution < 1.29 is 8.42 Å². The molecule has 4 nitrogen and oxygen atoms in total. The number of hydrogen-bond donors (Lipinski definition) is 1. The average Bonchev–Trinajstić information content (AvgIpc) is 2.84. The average molecular weight is 288 g/mol. The van der Waals surface area contributed by atoms with Crippen molar-refractivity contribution in [3.8, 4) is 0 Å². The Balaban J connectivity index is 2.08. The van der Waals surface area contributed by atoms with Crippen molar-refractivity contribution >= 4 is 10.0 Å². The zero-order valence-corrected chi connectivity index (χ0v) is 13.5. The first-order valence-electron chi connectivity index (χ1n) is 7.45. The molecule has 0 saturated carbocycles. The van der Waals surface area contributed by atoms with Gasteiger partial charge < -0.3 is 5.32 Å². The van der Waals surface area contributed by atoms with Crippen molar-refractivity contribution in [1.29, 1.82) is 0 Å². The third kappa shape index (κ3) is 3.31. The SMILES string of the molecule is CCC1C2CNCC2CN1S(=O)(=O)CCC(C)(C)C. The van der Waals surface area contributed by atoms with E-state index in [1.54, 1.807) is 0 Å². The fourth-order valence-electron chi connectivity index (χ4n) is 3.36. The molecule has 0 aromatic carbocycles. The largest absolute Gasteiger partial charge is 0.316 e. The van der Waals surface area contributed by atoms with Crippen molar-refractivity contribution in [2.24, 2.45) is 17.3 Å². The summed E-state index contributed by atoms with van der Waals surface area (Å²) in [5.74, 6) is 1.34. The zero-order valence-electron chi connectivity index (χ0n) is 12.6. The van der Waals surface area contributed by atoms with Crippen molar-refractivity contribution in [3.63, 3.8) is 0 Å². The molecule has 0 amide bonds. The number of fused-ring (bicyclic) bond motifs is 1. The van der Waals surface area contributed by atoms with Gasteiger partial charge in [0.05, 0.1) is 5.75 Å². The predicted molar refractivity (Wildman–Crippen MR) is 78.5 cm³/mol. The molecule has 2 rings (SSSR count). The highest BCUT2D eigenvalue weighted by Gasteiger charge is 2.47. The molecule has 0 spiro atoms. The molecule has 2 aliphatic rings. The molecule has 1 N–H and O–H groups in total. The topological polar surface area (TPSA) is 49.4 Å². The van der Waals surface area contributed by atoms with Gasteiger partial charge in [-0.05, 0) is 43.2 Å². The normalized spacial score (nSPS) is 32.7. The van der Waals surface area contributed by atoms with Crippen LogP contribution in [-0.4, -0.2) is 44.2 Å². The van der Waals surface area contributed by atoms with E-state index in [4.69, 9.17) is 0 Å². The van der Waals surface area contributed by atoms with Gasteiger partial charge in [0.15, 0.2) is 0 Å².